The molecule has 2 atom stereocenters. The molecule has 1 saturated carbocycles. The Morgan fingerprint density at radius 3 is 2.17 bits per heavy atom. The molecule has 1 aliphatic carbocycles. The molecular weight excluding hydrogens is 370 g/mol. The summed E-state index contributed by atoms with van der Waals surface area (Å²) < 4.78 is 11.8. The van der Waals surface area contributed by atoms with Gasteiger partial charge in [-0.25, -0.2) is 0 Å². The van der Waals surface area contributed by atoms with E-state index in [0.29, 0.717) is 19.1 Å². The number of hydrogen-bond acceptors (Lipinski definition) is 3. The van der Waals surface area contributed by atoms with E-state index in [-0.39, 0.29) is 5.54 Å². The zero-order valence-electron chi connectivity index (χ0n) is 17.7. The maximum absolute atomic E-state index is 6.28. The molecule has 3 aromatic rings. The van der Waals surface area contributed by atoms with Crippen molar-refractivity contribution in [1.29, 1.82) is 0 Å². The van der Waals surface area contributed by atoms with Crippen LogP contribution in [0, 0.1) is 0 Å². The highest BCUT2D eigenvalue weighted by Crippen LogP contribution is 2.39. The highest BCUT2D eigenvalue weighted by atomic mass is 16.5. The van der Waals surface area contributed by atoms with E-state index in [1.54, 1.807) is 0 Å². The van der Waals surface area contributed by atoms with E-state index in [2.05, 4.69) is 55.5 Å². The largest absolute Gasteiger partial charge is 0.493 e. The van der Waals surface area contributed by atoms with Gasteiger partial charge in [0, 0.05) is 12.0 Å². The first-order valence-electron chi connectivity index (χ1n) is 10.8. The minimum Gasteiger partial charge on any atom is -0.493 e. The molecule has 1 aliphatic rings. The van der Waals surface area contributed by atoms with Crippen LogP contribution in [0.4, 0.5) is 0 Å². The third-order valence-electron chi connectivity index (χ3n) is 5.96. The summed E-state index contributed by atoms with van der Waals surface area (Å²) in [4.78, 5) is 0. The number of benzene rings is 3. The van der Waals surface area contributed by atoms with Gasteiger partial charge in [-0.05, 0) is 73.1 Å². The lowest BCUT2D eigenvalue weighted by molar-refractivity contribution is 0.305. The van der Waals surface area contributed by atoms with E-state index < -0.39 is 0 Å². The predicted molar refractivity (Wildman–Crippen MR) is 122 cm³/mol. The molecule has 0 unspecified atom stereocenters. The van der Waals surface area contributed by atoms with Crippen LogP contribution in [0.25, 0.3) is 0 Å². The van der Waals surface area contributed by atoms with Gasteiger partial charge in [0.05, 0.1) is 6.61 Å². The summed E-state index contributed by atoms with van der Waals surface area (Å²) in [5.74, 6) is 2.39. The highest BCUT2D eigenvalue weighted by Gasteiger charge is 2.32. The molecule has 0 heterocycles. The molecule has 4 rings (SSSR count). The molecule has 0 aliphatic heterocycles. The highest BCUT2D eigenvalue weighted by molar-refractivity contribution is 5.31. The van der Waals surface area contributed by atoms with Crippen molar-refractivity contribution in [2.24, 2.45) is 5.73 Å². The summed E-state index contributed by atoms with van der Waals surface area (Å²) in [6.45, 7) is 3.41. The van der Waals surface area contributed by atoms with Crippen molar-refractivity contribution in [2.75, 3.05) is 6.61 Å². The van der Waals surface area contributed by atoms with E-state index in [1.165, 1.54) is 23.1 Å². The summed E-state index contributed by atoms with van der Waals surface area (Å²) in [5, 5.41) is 0. The Morgan fingerprint density at radius 1 is 0.833 bits per heavy atom. The summed E-state index contributed by atoms with van der Waals surface area (Å²) in [7, 11) is 0. The van der Waals surface area contributed by atoms with Crippen LogP contribution in [0.5, 0.6) is 11.5 Å². The van der Waals surface area contributed by atoms with Gasteiger partial charge < -0.3 is 15.2 Å². The van der Waals surface area contributed by atoms with Crippen LogP contribution >= 0.6 is 0 Å². The van der Waals surface area contributed by atoms with E-state index >= 15 is 0 Å². The fourth-order valence-corrected chi connectivity index (χ4v) is 4.17. The van der Waals surface area contributed by atoms with Crippen LogP contribution in [-0.2, 0) is 13.0 Å². The molecule has 156 valence electrons. The zero-order valence-corrected chi connectivity index (χ0v) is 17.7. The third-order valence-corrected chi connectivity index (χ3v) is 5.96. The first-order valence-corrected chi connectivity index (χ1v) is 10.8. The zero-order chi connectivity index (χ0) is 20.8. The average Bonchev–Trinajstić information content (AvgIpc) is 3.14. The van der Waals surface area contributed by atoms with Gasteiger partial charge in [0.15, 0.2) is 0 Å². The standard InChI is InChI=1S/C27H31NO2/c1-27(28)17-15-24(19-27)23-9-13-25(14-10-23)29-18-16-21-7-11-26(12-8-21)30-20-22-5-3-2-4-6-22/h2-14,24H,15-20,28H2,1H3/t24-,27-/m1/s1. The van der Waals surface area contributed by atoms with Crippen molar-refractivity contribution in [1.82, 2.24) is 0 Å². The van der Waals surface area contributed by atoms with Gasteiger partial charge in [-0.2, -0.15) is 0 Å². The van der Waals surface area contributed by atoms with Crippen molar-refractivity contribution in [3.05, 3.63) is 95.6 Å². The predicted octanol–water partition coefficient (Wildman–Crippen LogP) is 5.87. The van der Waals surface area contributed by atoms with Gasteiger partial charge in [0.2, 0.25) is 0 Å². The molecule has 0 saturated heterocycles. The normalized spacial score (nSPS) is 20.8. The van der Waals surface area contributed by atoms with E-state index in [4.69, 9.17) is 15.2 Å². The smallest absolute Gasteiger partial charge is 0.119 e. The van der Waals surface area contributed by atoms with E-state index in [9.17, 15) is 0 Å². The van der Waals surface area contributed by atoms with Gasteiger partial charge in [-0.15, -0.1) is 0 Å². The van der Waals surface area contributed by atoms with Crippen LogP contribution < -0.4 is 15.2 Å². The fourth-order valence-electron chi connectivity index (χ4n) is 4.17. The molecule has 3 heteroatoms. The summed E-state index contributed by atoms with van der Waals surface area (Å²) in [6, 6.07) is 27.0. The van der Waals surface area contributed by atoms with E-state index in [1.807, 2.05) is 30.3 Å². The number of hydrogen-bond donors (Lipinski definition) is 1. The van der Waals surface area contributed by atoms with Crippen LogP contribution in [-0.4, -0.2) is 12.1 Å². The molecular formula is C27H31NO2. The molecule has 0 radical (unpaired) electrons. The molecule has 3 aromatic carbocycles. The Bertz CT molecular complexity index is 917. The summed E-state index contributed by atoms with van der Waals surface area (Å²) >= 11 is 0. The maximum Gasteiger partial charge on any atom is 0.119 e. The van der Waals surface area contributed by atoms with Crippen molar-refractivity contribution >= 4 is 0 Å². The minimum atomic E-state index is -0.0119. The molecule has 0 amide bonds. The lowest BCUT2D eigenvalue weighted by atomic mass is 9.94. The van der Waals surface area contributed by atoms with Gasteiger partial charge in [0.25, 0.3) is 0 Å². The monoisotopic (exact) mass is 401 g/mol. The van der Waals surface area contributed by atoms with Crippen molar-refractivity contribution < 1.29 is 9.47 Å². The van der Waals surface area contributed by atoms with Gasteiger partial charge in [-0.3, -0.25) is 0 Å². The van der Waals surface area contributed by atoms with Crippen LogP contribution in [0.3, 0.4) is 0 Å². The average molecular weight is 402 g/mol. The van der Waals surface area contributed by atoms with E-state index in [0.717, 1.165) is 30.8 Å². The second-order valence-electron chi connectivity index (χ2n) is 8.68. The third kappa shape index (κ3) is 5.64. The first kappa shape index (κ1) is 20.5. The van der Waals surface area contributed by atoms with Gasteiger partial charge in [-0.1, -0.05) is 54.6 Å². The first-order chi connectivity index (χ1) is 14.6. The lowest BCUT2D eigenvalue weighted by Crippen LogP contribution is -2.32. The Hall–Kier alpha value is -2.78. The quantitative estimate of drug-likeness (QED) is 0.513. The molecule has 0 spiro atoms. The van der Waals surface area contributed by atoms with Crippen molar-refractivity contribution in [3.8, 4) is 11.5 Å². The van der Waals surface area contributed by atoms with Crippen molar-refractivity contribution in [3.63, 3.8) is 0 Å². The second kappa shape index (κ2) is 9.36. The number of nitrogens with two attached hydrogens (primary N) is 1. The maximum atomic E-state index is 6.28. The molecule has 1 fully saturated rings. The topological polar surface area (TPSA) is 44.5 Å². The minimum absolute atomic E-state index is 0.0119. The summed E-state index contributed by atoms with van der Waals surface area (Å²) in [5.41, 5.74) is 10.1. The molecule has 0 bridgehead atoms. The molecule has 2 N–H and O–H groups in total. The molecule has 0 aromatic heterocycles. The molecule has 3 nitrogen and oxygen atoms in total. The van der Waals surface area contributed by atoms with Crippen LogP contribution in [0.1, 0.15) is 48.8 Å². The van der Waals surface area contributed by atoms with Crippen LogP contribution in [0.2, 0.25) is 0 Å². The Kier molecular flexibility index (Phi) is 6.39. The van der Waals surface area contributed by atoms with Crippen LogP contribution in [0.15, 0.2) is 78.9 Å². The lowest BCUT2D eigenvalue weighted by Gasteiger charge is -2.17. The molecule has 30 heavy (non-hydrogen) atoms. The number of rotatable bonds is 8. The Morgan fingerprint density at radius 2 is 1.50 bits per heavy atom. The Labute approximate surface area is 179 Å². The number of ether oxygens (including phenoxy) is 2. The second-order valence-corrected chi connectivity index (χ2v) is 8.68. The van der Waals surface area contributed by atoms with Gasteiger partial charge >= 0.3 is 0 Å². The SMILES string of the molecule is C[C@@]1(N)CC[C@@H](c2ccc(OCCc3ccc(OCc4ccccc4)cc3)cc2)C1. The van der Waals surface area contributed by atoms with Crippen molar-refractivity contribution in [2.45, 2.75) is 50.7 Å². The Balaban J connectivity index is 1.21. The van der Waals surface area contributed by atoms with Gasteiger partial charge in [0.1, 0.15) is 18.1 Å². The summed E-state index contributed by atoms with van der Waals surface area (Å²) in [6.07, 6.45) is 4.22. The fraction of sp³-hybridized carbons (Fsp3) is 0.333.